The van der Waals surface area contributed by atoms with Crippen molar-refractivity contribution in [1.82, 2.24) is 0 Å². The van der Waals surface area contributed by atoms with E-state index in [9.17, 15) is 0 Å². The lowest BCUT2D eigenvalue weighted by molar-refractivity contribution is 1.34. The fraction of sp³-hybridized carbons (Fsp3) is 0.222. The van der Waals surface area contributed by atoms with Gasteiger partial charge in [0.25, 0.3) is 0 Å². The second kappa shape index (κ2) is 3.58. The fourth-order valence-electron chi connectivity index (χ4n) is 0.924. The summed E-state index contributed by atoms with van der Waals surface area (Å²) >= 11 is 1.69. The van der Waals surface area contributed by atoms with Crippen molar-refractivity contribution in [2.75, 3.05) is 6.26 Å². The van der Waals surface area contributed by atoms with Gasteiger partial charge in [0.05, 0.1) is 5.69 Å². The van der Waals surface area contributed by atoms with Crippen LogP contribution in [0.15, 0.2) is 28.1 Å². The summed E-state index contributed by atoms with van der Waals surface area (Å²) in [7, 11) is 0. The molecule has 0 fully saturated rings. The quantitative estimate of drug-likeness (QED) is 0.484. The molecule has 11 heavy (non-hydrogen) atoms. The maximum atomic E-state index is 3.93. The van der Waals surface area contributed by atoms with E-state index in [1.54, 1.807) is 11.8 Å². The number of rotatable bonds is 2. The van der Waals surface area contributed by atoms with Crippen LogP contribution in [0.2, 0.25) is 0 Å². The molecule has 0 N–H and O–H groups in total. The Morgan fingerprint density at radius 2 is 2.18 bits per heavy atom. The van der Waals surface area contributed by atoms with Crippen molar-refractivity contribution in [2.24, 2.45) is 4.99 Å². The first kappa shape index (κ1) is 8.34. The zero-order chi connectivity index (χ0) is 8.27. The van der Waals surface area contributed by atoms with Gasteiger partial charge in [0.2, 0.25) is 0 Å². The third-order valence-electron chi connectivity index (χ3n) is 1.50. The number of thioether (sulfide) groups is 1. The molecule has 0 aliphatic carbocycles. The van der Waals surface area contributed by atoms with Crippen molar-refractivity contribution in [3.05, 3.63) is 23.8 Å². The fourth-order valence-corrected chi connectivity index (χ4v) is 1.46. The lowest BCUT2D eigenvalue weighted by atomic mass is 10.2. The molecule has 1 aromatic carbocycles. The summed E-state index contributed by atoms with van der Waals surface area (Å²) in [6, 6.07) is 6.20. The summed E-state index contributed by atoms with van der Waals surface area (Å²) in [6.45, 7) is 5.57. The van der Waals surface area contributed by atoms with Gasteiger partial charge in [0.15, 0.2) is 0 Å². The Morgan fingerprint density at radius 1 is 1.45 bits per heavy atom. The first-order valence-electron chi connectivity index (χ1n) is 3.39. The van der Waals surface area contributed by atoms with Gasteiger partial charge in [-0.3, -0.25) is 4.99 Å². The molecule has 0 radical (unpaired) electrons. The normalized spacial score (nSPS) is 9.64. The molecule has 0 bridgehead atoms. The van der Waals surface area contributed by atoms with Crippen molar-refractivity contribution in [3.63, 3.8) is 0 Å². The van der Waals surface area contributed by atoms with E-state index in [0.717, 1.165) is 5.69 Å². The number of hydrogen-bond acceptors (Lipinski definition) is 2. The highest BCUT2D eigenvalue weighted by atomic mass is 32.2. The van der Waals surface area contributed by atoms with E-state index >= 15 is 0 Å². The Labute approximate surface area is 71.5 Å². The molecule has 1 rings (SSSR count). The summed E-state index contributed by atoms with van der Waals surface area (Å²) < 4.78 is 0. The first-order chi connectivity index (χ1) is 5.27. The minimum Gasteiger partial charge on any atom is -0.263 e. The second-order valence-electron chi connectivity index (χ2n) is 2.33. The highest BCUT2D eigenvalue weighted by Gasteiger charge is 1.97. The Bertz CT molecular complexity index is 268. The van der Waals surface area contributed by atoms with Crippen molar-refractivity contribution in [2.45, 2.75) is 11.8 Å². The van der Waals surface area contributed by atoms with Crippen LogP contribution in [0.25, 0.3) is 0 Å². The molecule has 0 aromatic heterocycles. The summed E-state index contributed by atoms with van der Waals surface area (Å²) in [4.78, 5) is 5.12. The van der Waals surface area contributed by atoms with Crippen LogP contribution in [-0.2, 0) is 0 Å². The van der Waals surface area contributed by atoms with E-state index in [2.05, 4.69) is 30.8 Å². The Balaban J connectivity index is 3.16. The summed E-state index contributed by atoms with van der Waals surface area (Å²) in [5.41, 5.74) is 2.21. The largest absolute Gasteiger partial charge is 0.263 e. The van der Waals surface area contributed by atoms with Crippen molar-refractivity contribution < 1.29 is 0 Å². The van der Waals surface area contributed by atoms with E-state index in [1.807, 2.05) is 12.3 Å². The van der Waals surface area contributed by atoms with Crippen molar-refractivity contribution >= 4 is 24.2 Å². The third-order valence-corrected chi connectivity index (χ3v) is 2.29. The molecule has 2 heteroatoms. The van der Waals surface area contributed by atoms with Crippen LogP contribution in [0.5, 0.6) is 0 Å². The number of aliphatic imine (C=N–C) groups is 1. The Hall–Kier alpha value is -0.760. The number of benzene rings is 1. The molecule has 0 unspecified atom stereocenters. The van der Waals surface area contributed by atoms with Crippen LogP contribution in [0.1, 0.15) is 5.56 Å². The summed E-state index contributed by atoms with van der Waals surface area (Å²) in [5.74, 6) is 0. The van der Waals surface area contributed by atoms with Gasteiger partial charge < -0.3 is 0 Å². The predicted octanol–water partition coefficient (Wildman–Crippen LogP) is 3.05. The highest BCUT2D eigenvalue weighted by Crippen LogP contribution is 2.27. The average Bonchev–Trinajstić information content (AvgIpc) is 2.04. The molecule has 0 atom stereocenters. The molecule has 0 aliphatic rings. The van der Waals surface area contributed by atoms with Crippen LogP contribution >= 0.6 is 11.8 Å². The third kappa shape index (κ3) is 1.84. The molecule has 58 valence electrons. The Kier molecular flexibility index (Phi) is 2.71. The molecular weight excluding hydrogens is 154 g/mol. The number of hydrogen-bond donors (Lipinski definition) is 0. The maximum Gasteiger partial charge on any atom is 0.0760 e. The van der Waals surface area contributed by atoms with Gasteiger partial charge in [-0.1, -0.05) is 6.07 Å². The monoisotopic (exact) mass is 165 g/mol. The van der Waals surface area contributed by atoms with Gasteiger partial charge in [-0.15, -0.1) is 11.8 Å². The topological polar surface area (TPSA) is 12.4 Å². The number of aryl methyl sites for hydroxylation is 1. The van der Waals surface area contributed by atoms with Gasteiger partial charge in [-0.2, -0.15) is 0 Å². The second-order valence-corrected chi connectivity index (χ2v) is 3.18. The van der Waals surface area contributed by atoms with Gasteiger partial charge in [0.1, 0.15) is 0 Å². The molecule has 0 saturated carbocycles. The molecule has 1 aromatic rings. The average molecular weight is 165 g/mol. The van der Waals surface area contributed by atoms with Gasteiger partial charge in [0, 0.05) is 4.90 Å². The van der Waals surface area contributed by atoms with E-state index < -0.39 is 0 Å². The SMILES string of the molecule is C=Nc1cc(C)ccc1SC. The molecule has 0 saturated heterocycles. The predicted molar refractivity (Wildman–Crippen MR) is 52.2 cm³/mol. The van der Waals surface area contributed by atoms with E-state index in [0.29, 0.717) is 0 Å². The molecular formula is C9H11NS. The molecule has 1 nitrogen and oxygen atoms in total. The van der Waals surface area contributed by atoms with Crippen LogP contribution in [0.3, 0.4) is 0 Å². The van der Waals surface area contributed by atoms with Crippen LogP contribution in [-0.4, -0.2) is 13.0 Å². The Morgan fingerprint density at radius 3 is 2.73 bits per heavy atom. The van der Waals surface area contributed by atoms with Crippen LogP contribution < -0.4 is 0 Å². The minimum absolute atomic E-state index is 0.984. The van der Waals surface area contributed by atoms with Gasteiger partial charge in [-0.05, 0) is 37.6 Å². The standard InChI is InChI=1S/C9H11NS/c1-7-4-5-9(11-3)8(6-7)10-2/h4-6H,2H2,1,3H3. The van der Waals surface area contributed by atoms with E-state index in [1.165, 1.54) is 10.5 Å². The van der Waals surface area contributed by atoms with E-state index in [-0.39, 0.29) is 0 Å². The van der Waals surface area contributed by atoms with Crippen molar-refractivity contribution in [3.8, 4) is 0 Å². The summed E-state index contributed by atoms with van der Waals surface area (Å²) in [6.07, 6.45) is 2.04. The smallest absolute Gasteiger partial charge is 0.0760 e. The zero-order valence-corrected chi connectivity index (χ0v) is 7.61. The van der Waals surface area contributed by atoms with Crippen LogP contribution in [0, 0.1) is 6.92 Å². The van der Waals surface area contributed by atoms with Gasteiger partial charge in [-0.25, -0.2) is 0 Å². The minimum atomic E-state index is 0.984. The molecule has 0 amide bonds. The lowest BCUT2D eigenvalue weighted by Crippen LogP contribution is -1.74. The first-order valence-corrected chi connectivity index (χ1v) is 4.61. The number of nitrogens with zero attached hydrogens (tertiary/aromatic N) is 1. The van der Waals surface area contributed by atoms with Gasteiger partial charge >= 0.3 is 0 Å². The van der Waals surface area contributed by atoms with Crippen LogP contribution in [0.4, 0.5) is 5.69 Å². The maximum absolute atomic E-state index is 3.93. The molecule has 0 aliphatic heterocycles. The van der Waals surface area contributed by atoms with E-state index in [4.69, 9.17) is 0 Å². The zero-order valence-electron chi connectivity index (χ0n) is 6.79. The molecule has 0 heterocycles. The van der Waals surface area contributed by atoms with Crippen molar-refractivity contribution in [1.29, 1.82) is 0 Å². The lowest BCUT2D eigenvalue weighted by Gasteiger charge is -2.01. The summed E-state index contributed by atoms with van der Waals surface area (Å²) in [5, 5.41) is 0. The molecule has 0 spiro atoms. The highest BCUT2D eigenvalue weighted by molar-refractivity contribution is 7.98.